The van der Waals surface area contributed by atoms with Gasteiger partial charge < -0.3 is 15.0 Å². The number of para-hydroxylation sites is 1. The number of hydrogen-bond donors (Lipinski definition) is 1. The van der Waals surface area contributed by atoms with Crippen molar-refractivity contribution in [2.75, 3.05) is 13.2 Å². The average molecular weight is 316 g/mol. The van der Waals surface area contributed by atoms with Crippen LogP contribution in [-0.4, -0.2) is 41.9 Å². The van der Waals surface area contributed by atoms with Gasteiger partial charge in [0.1, 0.15) is 11.8 Å². The van der Waals surface area contributed by atoms with Gasteiger partial charge in [-0.2, -0.15) is 0 Å². The second-order valence-corrected chi connectivity index (χ2v) is 6.37. The number of likely N-dealkylation sites (tertiary alicyclic amines) is 1. The molecule has 1 N–H and O–H groups in total. The quantitative estimate of drug-likeness (QED) is 0.905. The molecule has 1 fully saturated rings. The second kappa shape index (κ2) is 6.60. The topological polar surface area (TPSA) is 58.6 Å². The van der Waals surface area contributed by atoms with Crippen LogP contribution in [0.1, 0.15) is 44.6 Å². The molecule has 0 radical (unpaired) electrons. The molecule has 2 heterocycles. The molecule has 1 saturated heterocycles. The first-order valence-corrected chi connectivity index (χ1v) is 8.43. The monoisotopic (exact) mass is 316 g/mol. The Labute approximate surface area is 137 Å². The van der Waals surface area contributed by atoms with Gasteiger partial charge in [0.25, 0.3) is 0 Å². The van der Waals surface area contributed by atoms with Crippen LogP contribution in [0.15, 0.2) is 24.3 Å². The SMILES string of the molecule is CC[C@H](C(=O)N[C@@H](C)[C@@H]1COc2ccccc21)N1CCCC1=O. The van der Waals surface area contributed by atoms with Gasteiger partial charge in [-0.15, -0.1) is 0 Å². The van der Waals surface area contributed by atoms with E-state index in [0.29, 0.717) is 26.0 Å². The zero-order chi connectivity index (χ0) is 16.4. The molecule has 2 aliphatic heterocycles. The molecule has 124 valence electrons. The summed E-state index contributed by atoms with van der Waals surface area (Å²) < 4.78 is 5.70. The van der Waals surface area contributed by atoms with E-state index >= 15 is 0 Å². The van der Waals surface area contributed by atoms with Crippen LogP contribution >= 0.6 is 0 Å². The van der Waals surface area contributed by atoms with Crippen molar-refractivity contribution in [3.05, 3.63) is 29.8 Å². The third kappa shape index (κ3) is 3.05. The maximum absolute atomic E-state index is 12.6. The molecule has 5 heteroatoms. The molecule has 3 rings (SSSR count). The lowest BCUT2D eigenvalue weighted by molar-refractivity contribution is -0.137. The highest BCUT2D eigenvalue weighted by Crippen LogP contribution is 2.35. The Hall–Kier alpha value is -2.04. The van der Waals surface area contributed by atoms with Crippen molar-refractivity contribution in [2.24, 2.45) is 0 Å². The summed E-state index contributed by atoms with van der Waals surface area (Å²) in [6.45, 7) is 5.23. The fourth-order valence-electron chi connectivity index (χ4n) is 3.57. The van der Waals surface area contributed by atoms with Crippen LogP contribution < -0.4 is 10.1 Å². The second-order valence-electron chi connectivity index (χ2n) is 6.37. The summed E-state index contributed by atoms with van der Waals surface area (Å²) >= 11 is 0. The van der Waals surface area contributed by atoms with Crippen LogP contribution in [0, 0.1) is 0 Å². The smallest absolute Gasteiger partial charge is 0.243 e. The largest absolute Gasteiger partial charge is 0.493 e. The van der Waals surface area contributed by atoms with E-state index in [-0.39, 0.29) is 29.8 Å². The van der Waals surface area contributed by atoms with Crippen molar-refractivity contribution < 1.29 is 14.3 Å². The highest BCUT2D eigenvalue weighted by Gasteiger charge is 2.34. The van der Waals surface area contributed by atoms with Gasteiger partial charge in [0.15, 0.2) is 0 Å². The van der Waals surface area contributed by atoms with E-state index < -0.39 is 0 Å². The molecule has 1 aromatic rings. The zero-order valence-corrected chi connectivity index (χ0v) is 13.7. The molecule has 0 unspecified atom stereocenters. The molecule has 5 nitrogen and oxygen atoms in total. The predicted molar refractivity (Wildman–Crippen MR) is 87.3 cm³/mol. The number of rotatable bonds is 5. The van der Waals surface area contributed by atoms with Gasteiger partial charge >= 0.3 is 0 Å². The summed E-state index contributed by atoms with van der Waals surface area (Å²) in [5.41, 5.74) is 1.14. The van der Waals surface area contributed by atoms with E-state index in [0.717, 1.165) is 17.7 Å². The summed E-state index contributed by atoms with van der Waals surface area (Å²) in [4.78, 5) is 26.3. The fraction of sp³-hybridized carbons (Fsp3) is 0.556. The predicted octanol–water partition coefficient (Wildman–Crippen LogP) is 2.07. The van der Waals surface area contributed by atoms with Crippen LogP contribution in [0.2, 0.25) is 0 Å². The summed E-state index contributed by atoms with van der Waals surface area (Å²) in [6.07, 6.45) is 2.05. The first-order chi connectivity index (χ1) is 11.1. The van der Waals surface area contributed by atoms with Crippen molar-refractivity contribution in [3.63, 3.8) is 0 Å². The third-order valence-electron chi connectivity index (χ3n) is 4.89. The molecule has 0 saturated carbocycles. The highest BCUT2D eigenvalue weighted by atomic mass is 16.5. The Balaban J connectivity index is 1.66. The minimum Gasteiger partial charge on any atom is -0.493 e. The van der Waals surface area contributed by atoms with E-state index in [1.54, 1.807) is 4.90 Å². The van der Waals surface area contributed by atoms with Crippen molar-refractivity contribution in [1.29, 1.82) is 0 Å². The number of ether oxygens (including phenoxy) is 1. The van der Waals surface area contributed by atoms with Crippen LogP contribution in [-0.2, 0) is 9.59 Å². The van der Waals surface area contributed by atoms with Gasteiger partial charge in [-0.3, -0.25) is 9.59 Å². The van der Waals surface area contributed by atoms with E-state index in [2.05, 4.69) is 11.4 Å². The molecule has 0 aromatic heterocycles. The Bertz CT molecular complexity index is 602. The van der Waals surface area contributed by atoms with Crippen LogP contribution in [0.3, 0.4) is 0 Å². The number of hydrogen-bond acceptors (Lipinski definition) is 3. The van der Waals surface area contributed by atoms with Gasteiger partial charge in [0.2, 0.25) is 11.8 Å². The molecule has 23 heavy (non-hydrogen) atoms. The van der Waals surface area contributed by atoms with Crippen molar-refractivity contribution >= 4 is 11.8 Å². The molecule has 2 aliphatic rings. The fourth-order valence-corrected chi connectivity index (χ4v) is 3.57. The van der Waals surface area contributed by atoms with E-state index in [1.807, 2.05) is 32.0 Å². The Morgan fingerprint density at radius 3 is 2.91 bits per heavy atom. The lowest BCUT2D eigenvalue weighted by Gasteiger charge is -2.28. The van der Waals surface area contributed by atoms with Gasteiger partial charge in [-0.25, -0.2) is 0 Å². The van der Waals surface area contributed by atoms with Crippen LogP contribution in [0.5, 0.6) is 5.75 Å². The molecule has 0 bridgehead atoms. The van der Waals surface area contributed by atoms with Gasteiger partial charge in [-0.05, 0) is 25.8 Å². The van der Waals surface area contributed by atoms with Gasteiger partial charge in [-0.1, -0.05) is 25.1 Å². The molecule has 1 aromatic carbocycles. The lowest BCUT2D eigenvalue weighted by Crippen LogP contribution is -2.50. The van der Waals surface area contributed by atoms with Gasteiger partial charge in [0.05, 0.1) is 6.61 Å². The molecule has 2 amide bonds. The van der Waals surface area contributed by atoms with E-state index in [1.165, 1.54) is 0 Å². The average Bonchev–Trinajstić information content (AvgIpc) is 3.15. The number of nitrogens with one attached hydrogen (secondary N) is 1. The van der Waals surface area contributed by atoms with Crippen LogP contribution in [0.4, 0.5) is 0 Å². The van der Waals surface area contributed by atoms with Crippen molar-refractivity contribution in [1.82, 2.24) is 10.2 Å². The Morgan fingerprint density at radius 1 is 1.43 bits per heavy atom. The summed E-state index contributed by atoms with van der Waals surface area (Å²) in [5.74, 6) is 1.09. The highest BCUT2D eigenvalue weighted by molar-refractivity contribution is 5.88. The first kappa shape index (κ1) is 15.8. The Kier molecular flexibility index (Phi) is 4.55. The minimum atomic E-state index is -0.356. The summed E-state index contributed by atoms with van der Waals surface area (Å²) in [7, 11) is 0. The first-order valence-electron chi connectivity index (χ1n) is 8.43. The van der Waals surface area contributed by atoms with E-state index in [9.17, 15) is 9.59 Å². The number of fused-ring (bicyclic) bond motifs is 1. The number of benzene rings is 1. The molecule has 0 aliphatic carbocycles. The van der Waals surface area contributed by atoms with Crippen molar-refractivity contribution in [3.8, 4) is 5.75 Å². The van der Waals surface area contributed by atoms with Crippen molar-refractivity contribution in [2.45, 2.75) is 51.1 Å². The summed E-state index contributed by atoms with van der Waals surface area (Å²) in [5, 5.41) is 3.10. The molecule has 0 spiro atoms. The minimum absolute atomic E-state index is 0.0297. The lowest BCUT2D eigenvalue weighted by atomic mass is 9.94. The van der Waals surface area contributed by atoms with E-state index in [4.69, 9.17) is 4.74 Å². The molecular formula is C18H24N2O3. The number of carbonyl (C=O) groups is 2. The third-order valence-corrected chi connectivity index (χ3v) is 4.89. The maximum atomic E-state index is 12.6. The maximum Gasteiger partial charge on any atom is 0.243 e. The Morgan fingerprint density at radius 2 is 2.22 bits per heavy atom. The number of carbonyl (C=O) groups excluding carboxylic acids is 2. The molecule has 3 atom stereocenters. The normalized spacial score (nSPS) is 22.4. The summed E-state index contributed by atoms with van der Waals surface area (Å²) in [6, 6.07) is 7.57. The van der Waals surface area contributed by atoms with Crippen LogP contribution in [0.25, 0.3) is 0 Å². The molecular weight excluding hydrogens is 292 g/mol. The standard InChI is InChI=1S/C18H24N2O3/c1-3-15(20-10-6-9-17(20)21)18(22)19-12(2)14-11-23-16-8-5-4-7-13(14)16/h4-5,7-8,12,14-15H,3,6,9-11H2,1-2H3,(H,19,22)/t12-,14-,15+/m0/s1. The number of nitrogens with zero attached hydrogens (tertiary/aromatic N) is 1. The van der Waals surface area contributed by atoms with Gasteiger partial charge in [0, 0.05) is 30.5 Å². The number of amides is 2. The zero-order valence-electron chi connectivity index (χ0n) is 13.7.